The van der Waals surface area contributed by atoms with Gasteiger partial charge in [0.25, 0.3) is 11.6 Å². The molecule has 0 aliphatic rings. The molecular formula is C22H18N4O3. The summed E-state index contributed by atoms with van der Waals surface area (Å²) in [6.07, 6.45) is 1.85. The number of anilines is 1. The van der Waals surface area contributed by atoms with E-state index in [1.165, 1.54) is 18.2 Å². The Balaban J connectivity index is 1.79. The van der Waals surface area contributed by atoms with Crippen LogP contribution in [0.25, 0.3) is 16.9 Å². The first kappa shape index (κ1) is 18.4. The van der Waals surface area contributed by atoms with E-state index in [1.807, 2.05) is 60.0 Å². The van der Waals surface area contributed by atoms with E-state index in [2.05, 4.69) is 5.32 Å². The van der Waals surface area contributed by atoms with E-state index in [0.29, 0.717) is 22.6 Å². The quantitative estimate of drug-likeness (QED) is 0.404. The van der Waals surface area contributed by atoms with E-state index in [0.717, 1.165) is 16.8 Å². The van der Waals surface area contributed by atoms with Gasteiger partial charge >= 0.3 is 0 Å². The molecule has 2 aromatic carbocycles. The molecule has 7 heteroatoms. The predicted octanol–water partition coefficient (Wildman–Crippen LogP) is 4.78. The van der Waals surface area contributed by atoms with Gasteiger partial charge in [-0.1, -0.05) is 36.4 Å². The van der Waals surface area contributed by atoms with Crippen LogP contribution < -0.4 is 5.32 Å². The average molecular weight is 386 g/mol. The number of fused-ring (bicyclic) bond motifs is 1. The van der Waals surface area contributed by atoms with Crippen LogP contribution in [0.4, 0.5) is 11.5 Å². The van der Waals surface area contributed by atoms with Crippen molar-refractivity contribution < 1.29 is 9.72 Å². The molecule has 0 saturated heterocycles. The molecule has 4 rings (SSSR count). The second-order valence-electron chi connectivity index (χ2n) is 6.77. The van der Waals surface area contributed by atoms with Crippen LogP contribution >= 0.6 is 0 Å². The van der Waals surface area contributed by atoms with Gasteiger partial charge in [0, 0.05) is 29.0 Å². The number of nitro groups is 1. The van der Waals surface area contributed by atoms with Gasteiger partial charge in [-0.15, -0.1) is 0 Å². The molecule has 0 radical (unpaired) electrons. The Morgan fingerprint density at radius 1 is 1.03 bits per heavy atom. The number of carbonyl (C=O) groups excluding carboxylic acids is 1. The molecule has 0 atom stereocenters. The lowest BCUT2D eigenvalue weighted by molar-refractivity contribution is -0.385. The van der Waals surface area contributed by atoms with Crippen LogP contribution in [0.1, 0.15) is 21.5 Å². The number of carbonyl (C=O) groups is 1. The fourth-order valence-electron chi connectivity index (χ4n) is 3.30. The number of pyridine rings is 1. The zero-order chi connectivity index (χ0) is 20.5. The van der Waals surface area contributed by atoms with E-state index in [-0.39, 0.29) is 11.6 Å². The number of imidazole rings is 1. The number of nitro benzene ring substituents is 1. The Kier molecular flexibility index (Phi) is 4.56. The molecule has 7 nitrogen and oxygen atoms in total. The molecule has 2 heterocycles. The SMILES string of the molecule is Cc1cc(C(=O)Nc2c(-c3ccccc3)nc3c(C)cccn23)ccc1[N+](=O)[O-]. The molecule has 0 saturated carbocycles. The Hall–Kier alpha value is -4.00. The highest BCUT2D eigenvalue weighted by molar-refractivity contribution is 6.06. The van der Waals surface area contributed by atoms with Gasteiger partial charge in [0.1, 0.15) is 17.2 Å². The van der Waals surface area contributed by atoms with Gasteiger partial charge in [-0.2, -0.15) is 0 Å². The normalized spacial score (nSPS) is 10.8. The first-order valence-corrected chi connectivity index (χ1v) is 9.05. The molecule has 144 valence electrons. The van der Waals surface area contributed by atoms with Crippen molar-refractivity contribution in [2.75, 3.05) is 5.32 Å². The summed E-state index contributed by atoms with van der Waals surface area (Å²) in [5.74, 6) is 0.194. The third-order valence-electron chi connectivity index (χ3n) is 4.78. The molecule has 29 heavy (non-hydrogen) atoms. The lowest BCUT2D eigenvalue weighted by Gasteiger charge is -2.09. The van der Waals surface area contributed by atoms with Crippen molar-refractivity contribution in [2.45, 2.75) is 13.8 Å². The maximum atomic E-state index is 12.9. The maximum Gasteiger partial charge on any atom is 0.272 e. The first-order chi connectivity index (χ1) is 14.0. The zero-order valence-electron chi connectivity index (χ0n) is 15.9. The predicted molar refractivity (Wildman–Crippen MR) is 111 cm³/mol. The molecule has 4 aromatic rings. The smallest absolute Gasteiger partial charge is 0.272 e. The minimum atomic E-state index is -0.461. The zero-order valence-corrected chi connectivity index (χ0v) is 15.9. The third-order valence-corrected chi connectivity index (χ3v) is 4.78. The summed E-state index contributed by atoms with van der Waals surface area (Å²) in [6, 6.07) is 17.8. The van der Waals surface area contributed by atoms with Crippen molar-refractivity contribution in [2.24, 2.45) is 0 Å². The van der Waals surface area contributed by atoms with Crippen LogP contribution in [0, 0.1) is 24.0 Å². The highest BCUT2D eigenvalue weighted by Crippen LogP contribution is 2.30. The fourth-order valence-corrected chi connectivity index (χ4v) is 3.30. The molecule has 0 fully saturated rings. The van der Waals surface area contributed by atoms with Crippen LogP contribution in [-0.4, -0.2) is 20.2 Å². The number of nitrogens with zero attached hydrogens (tertiary/aromatic N) is 3. The van der Waals surface area contributed by atoms with Gasteiger partial charge in [0.05, 0.1) is 4.92 Å². The lowest BCUT2D eigenvalue weighted by atomic mass is 10.1. The van der Waals surface area contributed by atoms with Gasteiger partial charge in [0.15, 0.2) is 0 Å². The molecule has 1 amide bonds. The van der Waals surface area contributed by atoms with Gasteiger partial charge in [-0.05, 0) is 37.6 Å². The Morgan fingerprint density at radius 2 is 1.79 bits per heavy atom. The highest BCUT2D eigenvalue weighted by atomic mass is 16.6. The van der Waals surface area contributed by atoms with Crippen molar-refractivity contribution in [3.05, 3.63) is 93.7 Å². The Morgan fingerprint density at radius 3 is 2.48 bits per heavy atom. The van der Waals surface area contributed by atoms with Gasteiger partial charge in [0.2, 0.25) is 0 Å². The van der Waals surface area contributed by atoms with Crippen LogP contribution in [0.5, 0.6) is 0 Å². The van der Waals surface area contributed by atoms with Crippen LogP contribution in [-0.2, 0) is 0 Å². The number of hydrogen-bond donors (Lipinski definition) is 1. The van der Waals surface area contributed by atoms with Gasteiger partial charge in [-0.3, -0.25) is 19.3 Å². The minimum Gasteiger partial charge on any atom is -0.306 e. The van der Waals surface area contributed by atoms with Crippen molar-refractivity contribution >= 4 is 23.1 Å². The van der Waals surface area contributed by atoms with E-state index >= 15 is 0 Å². The summed E-state index contributed by atoms with van der Waals surface area (Å²) in [4.78, 5) is 28.3. The van der Waals surface area contributed by atoms with Crippen LogP contribution in [0.15, 0.2) is 66.9 Å². The second kappa shape index (κ2) is 7.20. The van der Waals surface area contributed by atoms with E-state index in [1.54, 1.807) is 6.92 Å². The van der Waals surface area contributed by atoms with Crippen LogP contribution in [0.3, 0.4) is 0 Å². The molecule has 0 aliphatic carbocycles. The van der Waals surface area contributed by atoms with Crippen molar-refractivity contribution in [3.8, 4) is 11.3 Å². The summed E-state index contributed by atoms with van der Waals surface area (Å²) in [5.41, 5.74) is 4.03. The fraction of sp³-hybridized carbons (Fsp3) is 0.0909. The highest BCUT2D eigenvalue weighted by Gasteiger charge is 2.19. The largest absolute Gasteiger partial charge is 0.306 e. The number of rotatable bonds is 4. The lowest BCUT2D eigenvalue weighted by Crippen LogP contribution is -2.14. The maximum absolute atomic E-state index is 12.9. The molecule has 2 aromatic heterocycles. The number of aryl methyl sites for hydroxylation is 2. The molecule has 0 bridgehead atoms. The summed E-state index contributed by atoms with van der Waals surface area (Å²) in [7, 11) is 0. The number of nitrogens with one attached hydrogen (secondary N) is 1. The Labute approximate surface area is 166 Å². The summed E-state index contributed by atoms with van der Waals surface area (Å²) in [5, 5.41) is 14.0. The molecule has 1 N–H and O–H groups in total. The standard InChI is InChI=1S/C22H18N4O3/c1-14-7-6-12-25-20(14)23-19(16-8-4-3-5-9-16)21(25)24-22(27)17-10-11-18(26(28)29)15(2)13-17/h3-13H,1-2H3,(H,24,27). The van der Waals surface area contributed by atoms with Gasteiger partial charge in [-0.25, -0.2) is 4.98 Å². The third kappa shape index (κ3) is 3.34. The van der Waals surface area contributed by atoms with Crippen molar-refractivity contribution in [1.82, 2.24) is 9.38 Å². The van der Waals surface area contributed by atoms with Crippen molar-refractivity contribution in [3.63, 3.8) is 0 Å². The summed E-state index contributed by atoms with van der Waals surface area (Å²) in [6.45, 7) is 3.57. The van der Waals surface area contributed by atoms with Crippen LogP contribution in [0.2, 0.25) is 0 Å². The monoisotopic (exact) mass is 386 g/mol. The Bertz CT molecular complexity index is 1250. The topological polar surface area (TPSA) is 89.5 Å². The average Bonchev–Trinajstić information content (AvgIpc) is 3.08. The molecule has 0 spiro atoms. The summed E-state index contributed by atoms with van der Waals surface area (Å²) >= 11 is 0. The number of aromatic nitrogens is 2. The number of amides is 1. The van der Waals surface area contributed by atoms with E-state index < -0.39 is 4.92 Å². The van der Waals surface area contributed by atoms with E-state index in [4.69, 9.17) is 4.98 Å². The van der Waals surface area contributed by atoms with Gasteiger partial charge < -0.3 is 5.32 Å². The van der Waals surface area contributed by atoms with E-state index in [9.17, 15) is 14.9 Å². The number of hydrogen-bond acceptors (Lipinski definition) is 4. The first-order valence-electron chi connectivity index (χ1n) is 9.05. The molecule has 0 unspecified atom stereocenters. The number of benzene rings is 2. The minimum absolute atomic E-state index is 0.0167. The molecular weight excluding hydrogens is 368 g/mol. The molecule has 0 aliphatic heterocycles. The van der Waals surface area contributed by atoms with Crippen molar-refractivity contribution in [1.29, 1.82) is 0 Å². The summed E-state index contributed by atoms with van der Waals surface area (Å²) < 4.78 is 1.84. The second-order valence-corrected chi connectivity index (χ2v) is 6.77.